The molecule has 2 aromatic heterocycles. The molecule has 21 nitrogen and oxygen atoms in total. The van der Waals surface area contributed by atoms with Crippen LogP contribution >= 0.6 is 23.6 Å². The fourth-order valence-electron chi connectivity index (χ4n) is 4.14. The quantitative estimate of drug-likeness (QED) is 0.0336. The number of aromatic hydroxyl groups is 1. The molecule has 0 saturated heterocycles. The van der Waals surface area contributed by atoms with E-state index in [1.807, 2.05) is 0 Å². The van der Waals surface area contributed by atoms with E-state index in [-0.39, 0.29) is 46.0 Å². The van der Waals surface area contributed by atoms with Crippen molar-refractivity contribution >= 4 is 84.4 Å². The van der Waals surface area contributed by atoms with Crippen molar-refractivity contribution in [1.82, 2.24) is 19.5 Å². The molecule has 0 bridgehead atoms. The maximum Gasteiger partial charge on any atom is 0.296 e. The summed E-state index contributed by atoms with van der Waals surface area (Å²) < 4.78 is 72.8. The van der Waals surface area contributed by atoms with Crippen LogP contribution in [0.2, 0.25) is 5.28 Å². The molecule has 25 heteroatoms. The van der Waals surface area contributed by atoms with Crippen LogP contribution < -0.4 is 21.9 Å². The molecule has 4 rings (SSSR count). The first-order chi connectivity index (χ1) is 22.9. The molecule has 0 unspecified atom stereocenters. The van der Waals surface area contributed by atoms with Gasteiger partial charge in [-0.1, -0.05) is 5.04 Å². The van der Waals surface area contributed by atoms with Gasteiger partial charge in [-0.3, -0.25) is 23.3 Å². The number of anilines is 4. The van der Waals surface area contributed by atoms with Crippen LogP contribution in [0.15, 0.2) is 66.1 Å². The minimum absolute atomic E-state index is 0.0259. The van der Waals surface area contributed by atoms with Gasteiger partial charge in [0.1, 0.15) is 26.7 Å². The van der Waals surface area contributed by atoms with Gasteiger partial charge in [0.05, 0.1) is 17.7 Å². The van der Waals surface area contributed by atoms with Crippen molar-refractivity contribution in [1.29, 1.82) is 0 Å². The van der Waals surface area contributed by atoms with E-state index in [9.17, 15) is 40.6 Å². The van der Waals surface area contributed by atoms with Gasteiger partial charge >= 0.3 is 0 Å². The highest BCUT2D eigenvalue weighted by Crippen LogP contribution is 2.35. The third-order valence-corrected chi connectivity index (χ3v) is 8.76. The van der Waals surface area contributed by atoms with Gasteiger partial charge in [0.15, 0.2) is 0 Å². The second-order valence-corrected chi connectivity index (χ2v) is 13.2. The summed E-state index contributed by atoms with van der Waals surface area (Å²) in [6.07, 6.45) is 0. The largest absolute Gasteiger partial charge is 0.493 e. The Kier molecular flexibility index (Phi) is 11.2. The number of azo groups is 1. The molecular formula is C24H22ClN9O12S3. The van der Waals surface area contributed by atoms with Crippen molar-refractivity contribution in [3.8, 4) is 5.88 Å². The number of carbonyl (C=O) groups is 1. The van der Waals surface area contributed by atoms with Crippen LogP contribution in [0.1, 0.15) is 22.8 Å². The number of nitrogens with zero attached hydrogens (tertiary/aromatic N) is 6. The first-order valence-electron chi connectivity index (χ1n) is 13.0. The number of nitrogens with two attached hydrogens (primary N) is 1. The molecule has 4 aromatic rings. The van der Waals surface area contributed by atoms with E-state index in [0.717, 1.165) is 22.8 Å². The van der Waals surface area contributed by atoms with Crippen molar-refractivity contribution in [2.24, 2.45) is 16.0 Å². The molecule has 0 radical (unpaired) electrons. The SMILES string of the molecule is CCn1c(O)c(N=Nc2cc(Nc3nc(Cl)nc(Nc4ccc(SOOO)cc4S(=O)(=O)O)n3)ccc2S(=O)(=O)O)c(C)c(C(N)=O)c1=O. The number of hydrogen-bond donors (Lipinski definition) is 7. The first kappa shape index (κ1) is 37.0. The molecule has 0 aliphatic rings. The van der Waals surface area contributed by atoms with Crippen molar-refractivity contribution in [2.45, 2.75) is 35.1 Å². The summed E-state index contributed by atoms with van der Waals surface area (Å²) in [5, 5.41) is 35.0. The number of rotatable bonds is 13. The maximum absolute atomic E-state index is 12.6. The summed E-state index contributed by atoms with van der Waals surface area (Å²) >= 11 is 6.46. The summed E-state index contributed by atoms with van der Waals surface area (Å²) in [7, 11) is -9.74. The number of aromatic nitrogens is 4. The molecule has 0 aliphatic carbocycles. The van der Waals surface area contributed by atoms with Gasteiger partial charge in [0, 0.05) is 22.7 Å². The van der Waals surface area contributed by atoms with Crippen LogP contribution in [0.4, 0.5) is 34.6 Å². The zero-order chi connectivity index (χ0) is 36.3. The summed E-state index contributed by atoms with van der Waals surface area (Å²) in [5.74, 6) is -2.42. The number of amides is 1. The Morgan fingerprint density at radius 2 is 1.67 bits per heavy atom. The zero-order valence-corrected chi connectivity index (χ0v) is 27.8. The highest BCUT2D eigenvalue weighted by atomic mass is 35.5. The highest BCUT2D eigenvalue weighted by Gasteiger charge is 2.23. The lowest BCUT2D eigenvalue weighted by molar-refractivity contribution is -0.432. The fourth-order valence-corrected chi connectivity index (χ4v) is 6.05. The monoisotopic (exact) mass is 759 g/mol. The Labute approximate surface area is 284 Å². The Morgan fingerprint density at radius 3 is 2.27 bits per heavy atom. The second kappa shape index (κ2) is 14.8. The molecule has 1 amide bonds. The average molecular weight is 760 g/mol. The Balaban J connectivity index is 1.73. The van der Waals surface area contributed by atoms with Crippen molar-refractivity contribution in [2.75, 3.05) is 10.6 Å². The van der Waals surface area contributed by atoms with Crippen molar-refractivity contribution < 1.29 is 50.5 Å². The van der Waals surface area contributed by atoms with Crippen LogP contribution in [0, 0.1) is 6.92 Å². The Hall–Kier alpha value is -4.79. The molecule has 49 heavy (non-hydrogen) atoms. The predicted octanol–water partition coefficient (Wildman–Crippen LogP) is 3.64. The minimum Gasteiger partial charge on any atom is -0.493 e. The lowest BCUT2D eigenvalue weighted by Crippen LogP contribution is -2.30. The number of hydrogen-bond acceptors (Lipinski definition) is 18. The zero-order valence-electron chi connectivity index (χ0n) is 24.6. The molecule has 2 heterocycles. The van der Waals surface area contributed by atoms with Crippen molar-refractivity contribution in [3.63, 3.8) is 0 Å². The summed E-state index contributed by atoms with van der Waals surface area (Å²) in [6, 6.07) is 6.67. The maximum atomic E-state index is 12.6. The average Bonchev–Trinajstić information content (AvgIpc) is 2.99. The van der Waals surface area contributed by atoms with Gasteiger partial charge in [-0.15, -0.1) is 14.6 Å². The third kappa shape index (κ3) is 8.63. The van der Waals surface area contributed by atoms with E-state index >= 15 is 0 Å². The molecule has 0 spiro atoms. The summed E-state index contributed by atoms with van der Waals surface area (Å²) in [5.41, 5.74) is 2.74. The van der Waals surface area contributed by atoms with Crippen LogP contribution in [0.5, 0.6) is 5.88 Å². The van der Waals surface area contributed by atoms with Gasteiger partial charge < -0.3 is 21.5 Å². The smallest absolute Gasteiger partial charge is 0.296 e. The second-order valence-electron chi connectivity index (χ2n) is 9.30. The van der Waals surface area contributed by atoms with Gasteiger partial charge in [0.25, 0.3) is 31.7 Å². The van der Waals surface area contributed by atoms with Crippen LogP contribution in [-0.4, -0.2) is 61.7 Å². The molecule has 0 fully saturated rings. The molecule has 260 valence electrons. The lowest BCUT2D eigenvalue weighted by Gasteiger charge is -2.13. The van der Waals surface area contributed by atoms with Gasteiger partial charge in [-0.2, -0.15) is 31.8 Å². The van der Waals surface area contributed by atoms with Crippen molar-refractivity contribution in [3.05, 3.63) is 63.2 Å². The molecule has 0 saturated carbocycles. The Morgan fingerprint density at radius 1 is 1.02 bits per heavy atom. The van der Waals surface area contributed by atoms with Gasteiger partial charge in [-0.25, -0.2) is 5.26 Å². The number of carbonyl (C=O) groups excluding carboxylic acids is 1. The summed E-state index contributed by atoms with van der Waals surface area (Å²) in [6.45, 7) is 2.67. The van der Waals surface area contributed by atoms with E-state index in [0.29, 0.717) is 12.0 Å². The van der Waals surface area contributed by atoms with Gasteiger partial charge in [-0.05, 0) is 61.8 Å². The fraction of sp³-hybridized carbons (Fsp3) is 0.125. The van der Waals surface area contributed by atoms with E-state index in [2.05, 4.69) is 45.2 Å². The number of pyridine rings is 1. The standard InChI is InChI=1S/C24H22ClN9O12S3/c1-3-34-20(36)17(19(26)35)10(2)18(21(34)37)33-32-14-8-11(4-7-15(14)48(39,40)41)27-23-29-22(25)30-24(31-23)28-13-6-5-12(47-46-45-38)9-16(13)49(42,43)44/h4-9,37-38H,3H2,1-2H3,(H2,26,35)(H,39,40,41)(H,42,43,44)(H2,27,28,29,30,31). The number of primary amides is 1. The molecule has 0 aliphatic heterocycles. The molecule has 8 N–H and O–H groups in total. The molecule has 2 aromatic carbocycles. The lowest BCUT2D eigenvalue weighted by atomic mass is 10.1. The van der Waals surface area contributed by atoms with Gasteiger partial charge in [0.2, 0.25) is 23.1 Å². The number of benzene rings is 2. The minimum atomic E-state index is -4.91. The van der Waals surface area contributed by atoms with E-state index in [1.54, 1.807) is 0 Å². The molecular weight excluding hydrogens is 738 g/mol. The normalized spacial score (nSPS) is 12.0. The van der Waals surface area contributed by atoms with E-state index in [1.165, 1.54) is 32.0 Å². The van der Waals surface area contributed by atoms with Crippen LogP contribution in [0.3, 0.4) is 0 Å². The third-order valence-electron chi connectivity index (χ3n) is 6.22. The summed E-state index contributed by atoms with van der Waals surface area (Å²) in [4.78, 5) is 35.1. The van der Waals surface area contributed by atoms with Crippen LogP contribution in [-0.2, 0) is 36.2 Å². The number of nitrogens with one attached hydrogen (secondary N) is 2. The van der Waals surface area contributed by atoms with E-state index in [4.69, 9.17) is 22.6 Å². The Bertz CT molecular complexity index is 2270. The molecule has 0 atom stereocenters. The highest BCUT2D eigenvalue weighted by molar-refractivity contribution is 7.94. The van der Waals surface area contributed by atoms with E-state index < -0.39 is 63.9 Å². The topological polar surface area (TPSA) is 320 Å². The number of halogens is 1. The first-order valence-corrected chi connectivity index (χ1v) is 17.0. The van der Waals surface area contributed by atoms with Crippen LogP contribution in [0.25, 0.3) is 0 Å². The predicted molar refractivity (Wildman–Crippen MR) is 170 cm³/mol.